The number of phosphoric ester groups is 1. The Morgan fingerprint density at radius 3 is 1.82 bits per heavy atom. The lowest BCUT2D eigenvalue weighted by Gasteiger charge is -2.15. The molecule has 0 spiro atoms. The van der Waals surface area contributed by atoms with Crippen LogP contribution in [0.25, 0.3) is 0 Å². The van der Waals surface area contributed by atoms with Crippen molar-refractivity contribution in [2.75, 3.05) is 6.61 Å². The molecule has 2 aromatic carbocycles. The third kappa shape index (κ3) is 12.8. The van der Waals surface area contributed by atoms with Crippen LogP contribution < -0.4 is 13.8 Å². The molecule has 0 heterocycles. The maximum absolute atomic E-state index is 12.4. The first-order valence-electron chi connectivity index (χ1n) is 12.6. The van der Waals surface area contributed by atoms with Gasteiger partial charge in [-0.3, -0.25) is 4.89 Å². The van der Waals surface area contributed by atoms with E-state index in [4.69, 9.17) is 13.8 Å². The normalized spacial score (nSPS) is 12.8. The first-order valence-corrected chi connectivity index (χ1v) is 15.2. The zero-order chi connectivity index (χ0) is 24.5. The van der Waals surface area contributed by atoms with Crippen LogP contribution in [0.2, 0.25) is 0 Å². The van der Waals surface area contributed by atoms with Crippen molar-refractivity contribution in [1.82, 2.24) is 0 Å². The molecule has 0 bridgehead atoms. The van der Waals surface area contributed by atoms with E-state index in [-0.39, 0.29) is 11.5 Å². The standard InChI is InChI=1S/C27H40BrO5P/c1-2-3-4-5-6-7-8-9-10-11-12-13-20-31-25-17-15-19-27(22-25)33-34(29,30)32-26-18-14-16-24(21-26)23-28/h14-19,21-22H,2-13,20,23H2,1H3,(H,29,30). The van der Waals surface area contributed by atoms with E-state index in [1.807, 2.05) is 12.1 Å². The predicted molar refractivity (Wildman–Crippen MR) is 143 cm³/mol. The second kappa shape index (κ2) is 17.0. The quantitative estimate of drug-likeness (QED) is 0.106. The SMILES string of the molecule is CCCCCCCCCCCCCCOc1cccc(OP(=O)(O)Oc2cccc(CBr)c2)c1. The van der Waals surface area contributed by atoms with E-state index in [2.05, 4.69) is 22.9 Å². The molecule has 0 fully saturated rings. The van der Waals surface area contributed by atoms with Gasteiger partial charge in [0.05, 0.1) is 6.61 Å². The molecule has 2 aromatic rings. The molecule has 2 rings (SSSR count). The van der Waals surface area contributed by atoms with E-state index in [1.54, 1.807) is 36.4 Å². The Bertz CT molecular complexity index is 860. The fraction of sp³-hybridized carbons (Fsp3) is 0.556. The van der Waals surface area contributed by atoms with Crippen molar-refractivity contribution in [3.8, 4) is 17.2 Å². The molecule has 1 atom stereocenters. The summed E-state index contributed by atoms with van der Waals surface area (Å²) in [6.07, 6.45) is 15.6. The van der Waals surface area contributed by atoms with Gasteiger partial charge >= 0.3 is 7.82 Å². The van der Waals surface area contributed by atoms with Gasteiger partial charge in [-0.15, -0.1) is 0 Å². The Morgan fingerprint density at radius 2 is 1.24 bits per heavy atom. The van der Waals surface area contributed by atoms with Gasteiger partial charge < -0.3 is 13.8 Å². The maximum atomic E-state index is 12.4. The highest BCUT2D eigenvalue weighted by atomic mass is 79.9. The predicted octanol–water partition coefficient (Wildman–Crippen LogP) is 9.22. The summed E-state index contributed by atoms with van der Waals surface area (Å²) in [5.74, 6) is 1.12. The summed E-state index contributed by atoms with van der Waals surface area (Å²) in [5, 5.41) is 0.624. The van der Waals surface area contributed by atoms with E-state index in [0.29, 0.717) is 17.7 Å². The van der Waals surface area contributed by atoms with E-state index >= 15 is 0 Å². The number of phosphoric acid groups is 1. The minimum atomic E-state index is -4.32. The van der Waals surface area contributed by atoms with Crippen LogP contribution in [0.4, 0.5) is 0 Å². The highest BCUT2D eigenvalue weighted by molar-refractivity contribution is 9.08. The van der Waals surface area contributed by atoms with Crippen molar-refractivity contribution in [1.29, 1.82) is 0 Å². The van der Waals surface area contributed by atoms with Gasteiger partial charge in [0, 0.05) is 11.4 Å². The summed E-state index contributed by atoms with van der Waals surface area (Å²) >= 11 is 3.36. The molecular formula is C27H40BrO5P. The Hall–Kier alpha value is -1.49. The molecule has 34 heavy (non-hydrogen) atoms. The number of hydrogen-bond acceptors (Lipinski definition) is 4. The van der Waals surface area contributed by atoms with Gasteiger partial charge in [-0.1, -0.05) is 112 Å². The lowest BCUT2D eigenvalue weighted by molar-refractivity contribution is 0.287. The molecule has 0 saturated carbocycles. The molecule has 0 aliphatic heterocycles. The van der Waals surface area contributed by atoms with Crippen LogP contribution in [0.3, 0.4) is 0 Å². The van der Waals surface area contributed by atoms with Crippen molar-refractivity contribution in [2.24, 2.45) is 0 Å². The molecule has 0 amide bonds. The molecule has 5 nitrogen and oxygen atoms in total. The average molecular weight is 555 g/mol. The summed E-state index contributed by atoms with van der Waals surface area (Å²) in [7, 11) is -4.32. The van der Waals surface area contributed by atoms with Gasteiger partial charge in [0.25, 0.3) is 0 Å². The smallest absolute Gasteiger partial charge is 0.493 e. The first kappa shape index (κ1) is 28.7. The zero-order valence-corrected chi connectivity index (χ0v) is 22.9. The highest BCUT2D eigenvalue weighted by Crippen LogP contribution is 2.45. The van der Waals surface area contributed by atoms with Gasteiger partial charge in [-0.25, -0.2) is 4.57 Å². The first-order chi connectivity index (χ1) is 16.5. The van der Waals surface area contributed by atoms with Gasteiger partial charge in [-0.05, 0) is 36.2 Å². The summed E-state index contributed by atoms with van der Waals surface area (Å²) in [5.41, 5.74) is 0.936. The molecule has 1 unspecified atom stereocenters. The Labute approximate surface area is 214 Å². The molecule has 1 N–H and O–H groups in total. The van der Waals surface area contributed by atoms with Crippen LogP contribution in [-0.2, 0) is 9.90 Å². The minimum absolute atomic E-state index is 0.231. The van der Waals surface area contributed by atoms with Crippen molar-refractivity contribution in [3.63, 3.8) is 0 Å². The molecule has 0 aliphatic carbocycles. The Kier molecular flexibility index (Phi) is 14.4. The number of ether oxygens (including phenoxy) is 1. The molecule has 0 aliphatic rings. The second-order valence-electron chi connectivity index (χ2n) is 8.64. The summed E-state index contributed by atoms with van der Waals surface area (Å²) < 4.78 is 28.6. The van der Waals surface area contributed by atoms with Gasteiger partial charge in [0.15, 0.2) is 0 Å². The van der Waals surface area contributed by atoms with E-state index < -0.39 is 7.82 Å². The van der Waals surface area contributed by atoms with Crippen LogP contribution in [0.5, 0.6) is 17.2 Å². The Balaban J connectivity index is 1.61. The molecule has 0 saturated heterocycles. The molecule has 190 valence electrons. The summed E-state index contributed by atoms with van der Waals surface area (Å²) in [6.45, 7) is 2.88. The van der Waals surface area contributed by atoms with Crippen molar-refractivity contribution >= 4 is 23.8 Å². The number of alkyl halides is 1. The number of unbranched alkanes of at least 4 members (excludes halogenated alkanes) is 11. The van der Waals surface area contributed by atoms with E-state index in [9.17, 15) is 9.46 Å². The van der Waals surface area contributed by atoms with Gasteiger partial charge in [0.1, 0.15) is 17.2 Å². The summed E-state index contributed by atoms with van der Waals surface area (Å²) in [4.78, 5) is 10.1. The lowest BCUT2D eigenvalue weighted by Crippen LogP contribution is -2.01. The number of rotatable bonds is 19. The zero-order valence-electron chi connectivity index (χ0n) is 20.4. The monoisotopic (exact) mass is 554 g/mol. The van der Waals surface area contributed by atoms with Crippen molar-refractivity contribution < 1.29 is 23.2 Å². The highest BCUT2D eigenvalue weighted by Gasteiger charge is 2.25. The maximum Gasteiger partial charge on any atom is 0.584 e. The van der Waals surface area contributed by atoms with Crippen LogP contribution in [0.15, 0.2) is 48.5 Å². The third-order valence-electron chi connectivity index (χ3n) is 5.57. The topological polar surface area (TPSA) is 65.0 Å². The van der Waals surface area contributed by atoms with Crippen LogP contribution in [0.1, 0.15) is 89.5 Å². The van der Waals surface area contributed by atoms with Gasteiger partial charge in [0.2, 0.25) is 0 Å². The van der Waals surface area contributed by atoms with Crippen LogP contribution >= 0.6 is 23.8 Å². The Morgan fingerprint density at radius 1 is 0.735 bits per heavy atom. The number of halogens is 1. The average Bonchev–Trinajstić information content (AvgIpc) is 2.82. The van der Waals surface area contributed by atoms with Crippen molar-refractivity contribution in [3.05, 3.63) is 54.1 Å². The largest absolute Gasteiger partial charge is 0.584 e. The van der Waals surface area contributed by atoms with Gasteiger partial charge in [-0.2, -0.15) is 0 Å². The van der Waals surface area contributed by atoms with E-state index in [1.165, 1.54) is 64.2 Å². The number of hydrogen-bond donors (Lipinski definition) is 1. The van der Waals surface area contributed by atoms with Crippen LogP contribution in [0, 0.1) is 0 Å². The van der Waals surface area contributed by atoms with E-state index in [0.717, 1.165) is 18.4 Å². The molecular weight excluding hydrogens is 515 g/mol. The fourth-order valence-electron chi connectivity index (χ4n) is 3.72. The summed E-state index contributed by atoms with van der Waals surface area (Å²) in [6, 6.07) is 13.7. The third-order valence-corrected chi connectivity index (χ3v) is 7.10. The van der Waals surface area contributed by atoms with Crippen molar-refractivity contribution in [2.45, 2.75) is 89.3 Å². The fourth-order valence-corrected chi connectivity index (χ4v) is 4.87. The van der Waals surface area contributed by atoms with Crippen LogP contribution in [-0.4, -0.2) is 11.5 Å². The lowest BCUT2D eigenvalue weighted by atomic mass is 10.1. The molecule has 7 heteroatoms. The minimum Gasteiger partial charge on any atom is -0.493 e. The number of benzene rings is 2. The second-order valence-corrected chi connectivity index (χ2v) is 10.5. The molecule has 0 aromatic heterocycles. The molecule has 0 radical (unpaired) electrons.